The van der Waals surface area contributed by atoms with Gasteiger partial charge in [0.1, 0.15) is 11.6 Å². The smallest absolute Gasteiger partial charge is 0.141 e. The van der Waals surface area contributed by atoms with Crippen LogP contribution >= 0.6 is 0 Å². The number of aryl methyl sites for hydroxylation is 1. The molecule has 2 aromatic rings. The molecular formula is C17H17FO. The highest BCUT2D eigenvalue weighted by Crippen LogP contribution is 2.09. The van der Waals surface area contributed by atoms with E-state index in [2.05, 4.69) is 6.92 Å². The Morgan fingerprint density at radius 1 is 0.947 bits per heavy atom. The van der Waals surface area contributed by atoms with E-state index in [4.69, 9.17) is 0 Å². The van der Waals surface area contributed by atoms with E-state index >= 15 is 0 Å². The fourth-order valence-corrected chi connectivity index (χ4v) is 2.06. The number of Topliss-reactive ketones (excluding diaryl/α,β-unsaturated/α-hetero) is 1. The maximum atomic E-state index is 13.0. The van der Waals surface area contributed by atoms with E-state index in [1.165, 1.54) is 17.7 Å². The van der Waals surface area contributed by atoms with Crippen LogP contribution in [-0.4, -0.2) is 5.78 Å². The highest BCUT2D eigenvalue weighted by Gasteiger charge is 2.06. The zero-order valence-corrected chi connectivity index (χ0v) is 11.0. The Balaban J connectivity index is 1.97. The fourth-order valence-electron chi connectivity index (χ4n) is 2.06. The first kappa shape index (κ1) is 13.5. The Bertz CT molecular complexity index is 558. The molecule has 0 radical (unpaired) electrons. The van der Waals surface area contributed by atoms with E-state index in [0.29, 0.717) is 6.42 Å². The van der Waals surface area contributed by atoms with Gasteiger partial charge in [-0.1, -0.05) is 43.3 Å². The van der Waals surface area contributed by atoms with Crippen LogP contribution in [0.2, 0.25) is 0 Å². The molecule has 0 bridgehead atoms. The van der Waals surface area contributed by atoms with Gasteiger partial charge in [0.2, 0.25) is 0 Å². The summed E-state index contributed by atoms with van der Waals surface area (Å²) in [7, 11) is 0. The molecule has 19 heavy (non-hydrogen) atoms. The molecule has 0 saturated heterocycles. The highest BCUT2D eigenvalue weighted by molar-refractivity contribution is 5.83. The van der Waals surface area contributed by atoms with Crippen molar-refractivity contribution in [2.45, 2.75) is 26.2 Å². The lowest BCUT2D eigenvalue weighted by Crippen LogP contribution is -2.06. The molecule has 2 aromatic carbocycles. The van der Waals surface area contributed by atoms with Gasteiger partial charge < -0.3 is 0 Å². The number of carbonyl (C=O) groups is 1. The van der Waals surface area contributed by atoms with Crippen LogP contribution in [0.15, 0.2) is 48.5 Å². The zero-order chi connectivity index (χ0) is 13.7. The van der Waals surface area contributed by atoms with Crippen LogP contribution in [0.5, 0.6) is 0 Å². The largest absolute Gasteiger partial charge is 0.299 e. The highest BCUT2D eigenvalue weighted by atomic mass is 19.1. The van der Waals surface area contributed by atoms with Gasteiger partial charge >= 0.3 is 0 Å². The average Bonchev–Trinajstić information content (AvgIpc) is 2.39. The van der Waals surface area contributed by atoms with Crippen molar-refractivity contribution in [1.29, 1.82) is 0 Å². The number of hydrogen-bond donors (Lipinski definition) is 0. The topological polar surface area (TPSA) is 17.1 Å². The Labute approximate surface area is 113 Å². The molecule has 1 nitrogen and oxygen atoms in total. The summed E-state index contributed by atoms with van der Waals surface area (Å²) in [5.74, 6) is -0.188. The second kappa shape index (κ2) is 6.28. The molecule has 0 heterocycles. The molecule has 0 aromatic heterocycles. The van der Waals surface area contributed by atoms with Gasteiger partial charge in [-0.25, -0.2) is 4.39 Å². The average molecular weight is 256 g/mol. The van der Waals surface area contributed by atoms with Crippen LogP contribution in [-0.2, 0) is 24.1 Å². The van der Waals surface area contributed by atoms with Crippen molar-refractivity contribution in [2.24, 2.45) is 0 Å². The van der Waals surface area contributed by atoms with Crippen LogP contribution in [0, 0.1) is 5.82 Å². The Morgan fingerprint density at radius 3 is 2.21 bits per heavy atom. The van der Waals surface area contributed by atoms with Crippen LogP contribution in [0.25, 0.3) is 0 Å². The predicted molar refractivity (Wildman–Crippen MR) is 74.6 cm³/mol. The quantitative estimate of drug-likeness (QED) is 0.796. The van der Waals surface area contributed by atoms with Gasteiger partial charge in [-0.05, 0) is 35.2 Å². The Hall–Kier alpha value is -1.96. The summed E-state index contributed by atoms with van der Waals surface area (Å²) >= 11 is 0. The molecule has 0 aliphatic rings. The minimum atomic E-state index is -0.294. The molecular weight excluding hydrogens is 239 g/mol. The molecule has 2 heteroatoms. The number of ketones is 1. The third-order valence-corrected chi connectivity index (χ3v) is 3.12. The molecule has 0 saturated carbocycles. The van der Waals surface area contributed by atoms with Crippen molar-refractivity contribution in [3.63, 3.8) is 0 Å². The summed E-state index contributed by atoms with van der Waals surface area (Å²) in [6, 6.07) is 14.3. The van der Waals surface area contributed by atoms with Crippen LogP contribution in [0.1, 0.15) is 23.6 Å². The molecule has 0 N–H and O–H groups in total. The standard InChI is InChI=1S/C17H17FO/c1-2-13-6-8-14(9-7-13)11-17(19)12-15-4-3-5-16(18)10-15/h3-10H,2,11-12H2,1H3. The molecule has 0 spiro atoms. The van der Waals surface area contributed by atoms with Gasteiger partial charge in [0.25, 0.3) is 0 Å². The number of benzene rings is 2. The number of halogens is 1. The van der Waals surface area contributed by atoms with Gasteiger partial charge in [0, 0.05) is 12.8 Å². The third kappa shape index (κ3) is 4.02. The first-order valence-corrected chi connectivity index (χ1v) is 6.51. The molecule has 0 atom stereocenters. The lowest BCUT2D eigenvalue weighted by Gasteiger charge is -2.03. The second-order valence-corrected chi connectivity index (χ2v) is 4.69. The minimum Gasteiger partial charge on any atom is -0.299 e. The predicted octanol–water partition coefficient (Wildman–Crippen LogP) is 3.74. The monoisotopic (exact) mass is 256 g/mol. The van der Waals surface area contributed by atoms with Crippen LogP contribution in [0.4, 0.5) is 4.39 Å². The summed E-state index contributed by atoms with van der Waals surface area (Å²) in [6.45, 7) is 2.10. The van der Waals surface area contributed by atoms with E-state index in [1.54, 1.807) is 12.1 Å². The van der Waals surface area contributed by atoms with Crippen molar-refractivity contribution >= 4 is 5.78 Å². The summed E-state index contributed by atoms with van der Waals surface area (Å²) in [6.07, 6.45) is 1.69. The summed E-state index contributed by atoms with van der Waals surface area (Å²) in [5, 5.41) is 0. The molecule has 0 aliphatic carbocycles. The molecule has 0 unspecified atom stereocenters. The van der Waals surface area contributed by atoms with E-state index < -0.39 is 0 Å². The summed E-state index contributed by atoms with van der Waals surface area (Å²) < 4.78 is 13.0. The van der Waals surface area contributed by atoms with E-state index in [0.717, 1.165) is 17.5 Å². The van der Waals surface area contributed by atoms with Gasteiger partial charge in [0.15, 0.2) is 0 Å². The van der Waals surface area contributed by atoms with Crippen molar-refractivity contribution < 1.29 is 9.18 Å². The van der Waals surface area contributed by atoms with E-state index in [-0.39, 0.29) is 18.0 Å². The van der Waals surface area contributed by atoms with E-state index in [9.17, 15) is 9.18 Å². The number of hydrogen-bond acceptors (Lipinski definition) is 1. The number of carbonyl (C=O) groups excluding carboxylic acids is 1. The van der Waals surface area contributed by atoms with Gasteiger partial charge in [-0.15, -0.1) is 0 Å². The maximum Gasteiger partial charge on any atom is 0.141 e. The van der Waals surface area contributed by atoms with Crippen molar-refractivity contribution in [3.05, 3.63) is 71.0 Å². The van der Waals surface area contributed by atoms with E-state index in [1.807, 2.05) is 24.3 Å². The minimum absolute atomic E-state index is 0.106. The van der Waals surface area contributed by atoms with Gasteiger partial charge in [-0.3, -0.25) is 4.79 Å². The van der Waals surface area contributed by atoms with Gasteiger partial charge in [0.05, 0.1) is 0 Å². The van der Waals surface area contributed by atoms with Crippen molar-refractivity contribution in [1.82, 2.24) is 0 Å². The Kier molecular flexibility index (Phi) is 4.45. The zero-order valence-electron chi connectivity index (χ0n) is 11.0. The normalized spacial score (nSPS) is 10.4. The van der Waals surface area contributed by atoms with Gasteiger partial charge in [-0.2, -0.15) is 0 Å². The molecule has 98 valence electrons. The van der Waals surface area contributed by atoms with Crippen molar-refractivity contribution in [2.75, 3.05) is 0 Å². The lowest BCUT2D eigenvalue weighted by atomic mass is 10.0. The molecule has 0 amide bonds. The van der Waals surface area contributed by atoms with Crippen molar-refractivity contribution in [3.8, 4) is 0 Å². The first-order chi connectivity index (χ1) is 9.17. The summed E-state index contributed by atoms with van der Waals surface area (Å²) in [4.78, 5) is 11.9. The maximum absolute atomic E-state index is 13.0. The Morgan fingerprint density at radius 2 is 1.58 bits per heavy atom. The second-order valence-electron chi connectivity index (χ2n) is 4.69. The summed E-state index contributed by atoms with van der Waals surface area (Å²) in [5.41, 5.74) is 3.01. The fraction of sp³-hybridized carbons (Fsp3) is 0.235. The third-order valence-electron chi connectivity index (χ3n) is 3.12. The first-order valence-electron chi connectivity index (χ1n) is 6.51. The SMILES string of the molecule is CCc1ccc(CC(=O)Cc2cccc(F)c2)cc1. The van der Waals surface area contributed by atoms with Crippen LogP contribution < -0.4 is 0 Å². The lowest BCUT2D eigenvalue weighted by molar-refractivity contribution is -0.117. The molecule has 0 aliphatic heterocycles. The van der Waals surface area contributed by atoms with Crippen LogP contribution in [0.3, 0.4) is 0 Å². The number of rotatable bonds is 5. The molecule has 0 fully saturated rings. The molecule has 2 rings (SSSR count).